The van der Waals surface area contributed by atoms with Gasteiger partial charge < -0.3 is 20.3 Å². The number of nitrogens with one attached hydrogen (secondary N) is 1. The first-order valence-corrected chi connectivity index (χ1v) is 25.7. The van der Waals surface area contributed by atoms with E-state index in [2.05, 4.69) is 99.0 Å². The Morgan fingerprint density at radius 3 is 1.39 bits per heavy atom. The van der Waals surface area contributed by atoms with Crippen LogP contribution in [-0.2, 0) is 14.3 Å². The van der Waals surface area contributed by atoms with Crippen molar-refractivity contribution >= 4 is 11.9 Å². The summed E-state index contributed by atoms with van der Waals surface area (Å²) in [5.41, 5.74) is 0. The fourth-order valence-electron chi connectivity index (χ4n) is 7.34. The number of unbranched alkanes of at least 4 members (excludes halogenated alkanes) is 22. The van der Waals surface area contributed by atoms with Crippen molar-refractivity contribution in [1.82, 2.24) is 5.32 Å². The summed E-state index contributed by atoms with van der Waals surface area (Å²) in [5.74, 6) is -0.533. The number of esters is 1. The van der Waals surface area contributed by atoms with E-state index in [0.717, 1.165) is 103 Å². The summed E-state index contributed by atoms with van der Waals surface area (Å²) in [7, 11) is 0. The maximum Gasteiger partial charge on any atom is 0.306 e. The summed E-state index contributed by atoms with van der Waals surface area (Å²) in [6, 6.07) is -0.716. The van der Waals surface area contributed by atoms with E-state index in [0.29, 0.717) is 19.3 Å². The summed E-state index contributed by atoms with van der Waals surface area (Å²) in [5, 5.41) is 23.7. The standard InChI is InChI=1S/C55H97NO5/c1-4-7-10-13-16-19-22-24-25-26-27-28-29-31-33-36-39-42-45-48-55(60)61-51(46-43-40-37-34-32-30-23-20-17-14-11-8-5-2)49-54(59)56-52(50-57)53(58)47-44-41-38-35-21-18-15-12-9-6-3/h16-17,19-20,23-25,27-28,30-31,33,51-53,57-58H,4-15,18,21-22,26,29,32,34-50H2,1-3H3,(H,56,59)/b19-16-,20-17+,25-24-,28-27-,30-23+,33-31-. The van der Waals surface area contributed by atoms with Gasteiger partial charge in [0, 0.05) is 6.42 Å². The van der Waals surface area contributed by atoms with Gasteiger partial charge in [-0.2, -0.15) is 0 Å². The van der Waals surface area contributed by atoms with Gasteiger partial charge in [-0.15, -0.1) is 0 Å². The van der Waals surface area contributed by atoms with E-state index in [1.54, 1.807) is 0 Å². The van der Waals surface area contributed by atoms with Crippen LogP contribution in [-0.4, -0.2) is 46.9 Å². The van der Waals surface area contributed by atoms with Crippen molar-refractivity contribution in [2.45, 2.75) is 257 Å². The number of ether oxygens (including phenoxy) is 1. The molecule has 0 aliphatic rings. The van der Waals surface area contributed by atoms with E-state index in [4.69, 9.17) is 4.74 Å². The van der Waals surface area contributed by atoms with E-state index in [1.807, 2.05) is 0 Å². The third-order valence-corrected chi connectivity index (χ3v) is 11.3. The molecule has 0 spiro atoms. The molecule has 0 heterocycles. The van der Waals surface area contributed by atoms with Crippen molar-refractivity contribution in [3.8, 4) is 0 Å². The summed E-state index contributed by atoms with van der Waals surface area (Å²) < 4.78 is 5.91. The zero-order valence-corrected chi connectivity index (χ0v) is 40.0. The zero-order chi connectivity index (χ0) is 44.5. The Morgan fingerprint density at radius 1 is 0.492 bits per heavy atom. The van der Waals surface area contributed by atoms with Crippen molar-refractivity contribution in [2.75, 3.05) is 6.61 Å². The molecule has 3 atom stereocenters. The fraction of sp³-hybridized carbons (Fsp3) is 0.745. The minimum absolute atomic E-state index is 0.0482. The molecule has 0 fully saturated rings. The summed E-state index contributed by atoms with van der Waals surface area (Å²) in [4.78, 5) is 26.1. The highest BCUT2D eigenvalue weighted by molar-refractivity contribution is 5.77. The smallest absolute Gasteiger partial charge is 0.306 e. The van der Waals surface area contributed by atoms with Gasteiger partial charge in [-0.25, -0.2) is 0 Å². The molecule has 0 radical (unpaired) electrons. The third kappa shape index (κ3) is 43.7. The van der Waals surface area contributed by atoms with Crippen LogP contribution in [0.3, 0.4) is 0 Å². The molecule has 0 saturated heterocycles. The second-order valence-electron chi connectivity index (χ2n) is 17.2. The predicted molar refractivity (Wildman–Crippen MR) is 264 cm³/mol. The molecule has 0 saturated carbocycles. The van der Waals surface area contributed by atoms with E-state index in [9.17, 15) is 19.8 Å². The van der Waals surface area contributed by atoms with Gasteiger partial charge >= 0.3 is 5.97 Å². The first-order chi connectivity index (χ1) is 30.0. The average Bonchev–Trinajstić information content (AvgIpc) is 3.25. The molecule has 0 aliphatic heterocycles. The normalized spacial score (nSPS) is 13.9. The molecule has 352 valence electrons. The Morgan fingerprint density at radius 2 is 0.885 bits per heavy atom. The maximum absolute atomic E-state index is 13.2. The third-order valence-electron chi connectivity index (χ3n) is 11.3. The number of aliphatic hydroxyl groups is 2. The van der Waals surface area contributed by atoms with Gasteiger partial charge in [0.1, 0.15) is 6.10 Å². The lowest BCUT2D eigenvalue weighted by molar-refractivity contribution is -0.151. The molecule has 0 aromatic heterocycles. The highest BCUT2D eigenvalue weighted by atomic mass is 16.5. The van der Waals surface area contributed by atoms with Gasteiger partial charge in [0.15, 0.2) is 0 Å². The Hall–Kier alpha value is -2.70. The van der Waals surface area contributed by atoms with Gasteiger partial charge in [0.05, 0.1) is 25.2 Å². The van der Waals surface area contributed by atoms with Gasteiger partial charge in [-0.05, 0) is 96.3 Å². The summed E-state index contributed by atoms with van der Waals surface area (Å²) in [6.45, 7) is 6.39. The number of amides is 1. The summed E-state index contributed by atoms with van der Waals surface area (Å²) in [6.07, 6.45) is 61.0. The summed E-state index contributed by atoms with van der Waals surface area (Å²) >= 11 is 0. The Balaban J connectivity index is 4.65. The lowest BCUT2D eigenvalue weighted by Gasteiger charge is -2.24. The molecule has 0 aromatic carbocycles. The number of hydrogen-bond acceptors (Lipinski definition) is 5. The van der Waals surface area contributed by atoms with Crippen LogP contribution >= 0.6 is 0 Å². The fourth-order valence-corrected chi connectivity index (χ4v) is 7.34. The molecule has 6 heteroatoms. The molecular weight excluding hydrogens is 755 g/mol. The van der Waals surface area contributed by atoms with Crippen molar-refractivity contribution in [3.05, 3.63) is 72.9 Å². The van der Waals surface area contributed by atoms with Gasteiger partial charge in [0.2, 0.25) is 5.91 Å². The number of carbonyl (C=O) groups is 2. The Labute approximate surface area is 377 Å². The number of rotatable bonds is 45. The van der Waals surface area contributed by atoms with Gasteiger partial charge in [-0.3, -0.25) is 9.59 Å². The lowest BCUT2D eigenvalue weighted by Crippen LogP contribution is -2.46. The van der Waals surface area contributed by atoms with E-state index >= 15 is 0 Å². The molecular formula is C55H97NO5. The van der Waals surface area contributed by atoms with Crippen LogP contribution in [0.25, 0.3) is 0 Å². The van der Waals surface area contributed by atoms with Crippen LogP contribution in [0, 0.1) is 0 Å². The molecule has 0 bridgehead atoms. The second kappa shape index (κ2) is 48.3. The minimum atomic E-state index is -0.800. The first kappa shape index (κ1) is 58.3. The number of aliphatic hydroxyl groups excluding tert-OH is 2. The van der Waals surface area contributed by atoms with Crippen molar-refractivity contribution in [3.63, 3.8) is 0 Å². The van der Waals surface area contributed by atoms with E-state index in [-0.39, 0.29) is 24.9 Å². The van der Waals surface area contributed by atoms with Crippen LogP contribution in [0.1, 0.15) is 239 Å². The maximum atomic E-state index is 13.2. The quantitative estimate of drug-likeness (QED) is 0.0245. The minimum Gasteiger partial charge on any atom is -0.462 e. The zero-order valence-electron chi connectivity index (χ0n) is 40.0. The largest absolute Gasteiger partial charge is 0.462 e. The van der Waals surface area contributed by atoms with Crippen LogP contribution in [0.5, 0.6) is 0 Å². The van der Waals surface area contributed by atoms with E-state index < -0.39 is 18.2 Å². The topological polar surface area (TPSA) is 95.9 Å². The highest BCUT2D eigenvalue weighted by Crippen LogP contribution is 2.17. The average molecular weight is 852 g/mol. The predicted octanol–water partition coefficient (Wildman–Crippen LogP) is 15.4. The Bertz CT molecular complexity index is 1140. The van der Waals surface area contributed by atoms with Crippen LogP contribution < -0.4 is 5.32 Å². The molecule has 0 aromatic rings. The molecule has 6 nitrogen and oxygen atoms in total. The SMILES string of the molecule is CCCCC/C=C\C/C=C\C/C=C\C/C=C\CCCCCC(=O)OC(CCCCCC/C=C/C=C/CCCCC)CC(=O)NC(CO)C(O)CCCCCCCCCCCC. The molecule has 0 rings (SSSR count). The van der Waals surface area contributed by atoms with Crippen molar-refractivity contribution in [2.24, 2.45) is 0 Å². The van der Waals surface area contributed by atoms with Crippen molar-refractivity contribution < 1.29 is 24.5 Å². The molecule has 1 amide bonds. The van der Waals surface area contributed by atoms with Crippen LogP contribution in [0.15, 0.2) is 72.9 Å². The number of hydrogen-bond donors (Lipinski definition) is 3. The lowest BCUT2D eigenvalue weighted by atomic mass is 10.0. The Kier molecular flexibility index (Phi) is 46.2. The number of allylic oxidation sites excluding steroid dienone is 12. The van der Waals surface area contributed by atoms with E-state index in [1.165, 1.54) is 89.9 Å². The highest BCUT2D eigenvalue weighted by Gasteiger charge is 2.24. The molecule has 0 aliphatic carbocycles. The van der Waals surface area contributed by atoms with Gasteiger partial charge in [0.25, 0.3) is 0 Å². The monoisotopic (exact) mass is 852 g/mol. The molecule has 3 N–H and O–H groups in total. The molecule has 3 unspecified atom stereocenters. The van der Waals surface area contributed by atoms with Crippen LogP contribution in [0.4, 0.5) is 0 Å². The first-order valence-electron chi connectivity index (χ1n) is 25.7. The second-order valence-corrected chi connectivity index (χ2v) is 17.2. The van der Waals surface area contributed by atoms with Crippen molar-refractivity contribution in [1.29, 1.82) is 0 Å². The van der Waals surface area contributed by atoms with Gasteiger partial charge in [-0.1, -0.05) is 203 Å². The van der Waals surface area contributed by atoms with Crippen LogP contribution in [0.2, 0.25) is 0 Å². The number of carbonyl (C=O) groups excluding carboxylic acids is 2. The molecule has 61 heavy (non-hydrogen) atoms.